The lowest BCUT2D eigenvalue weighted by Crippen LogP contribution is -2.26. The maximum atomic E-state index is 12.0. The van der Waals surface area contributed by atoms with Gasteiger partial charge in [0.15, 0.2) is 11.5 Å². The van der Waals surface area contributed by atoms with E-state index in [1.165, 1.54) is 6.08 Å². The zero-order valence-electron chi connectivity index (χ0n) is 17.4. The van der Waals surface area contributed by atoms with Crippen LogP contribution in [0.2, 0.25) is 0 Å². The molecule has 0 aliphatic heterocycles. The van der Waals surface area contributed by atoms with E-state index < -0.39 is 0 Å². The summed E-state index contributed by atoms with van der Waals surface area (Å²) in [5.74, 6) is 2.65. The monoisotopic (exact) mass is 399 g/mol. The van der Waals surface area contributed by atoms with Gasteiger partial charge in [0.1, 0.15) is 18.1 Å². The van der Waals surface area contributed by atoms with Gasteiger partial charge >= 0.3 is 0 Å². The van der Waals surface area contributed by atoms with Crippen LogP contribution in [-0.4, -0.2) is 38.9 Å². The minimum absolute atomic E-state index is 0.0564. The highest BCUT2D eigenvalue weighted by molar-refractivity contribution is 5.91. The van der Waals surface area contributed by atoms with Gasteiger partial charge in [-0.15, -0.1) is 0 Å². The molecule has 0 atom stereocenters. The molecule has 6 nitrogen and oxygen atoms in total. The highest BCUT2D eigenvalue weighted by atomic mass is 16.5. The van der Waals surface area contributed by atoms with Crippen molar-refractivity contribution in [3.05, 3.63) is 54.1 Å². The molecular formula is C23H29NO5. The Morgan fingerprint density at radius 2 is 1.72 bits per heavy atom. The average Bonchev–Trinajstić information content (AvgIpc) is 2.71. The number of rotatable bonds is 11. The van der Waals surface area contributed by atoms with Crippen LogP contribution in [0.25, 0.3) is 6.08 Å². The summed E-state index contributed by atoms with van der Waals surface area (Å²) in [6.45, 7) is 7.26. The van der Waals surface area contributed by atoms with Gasteiger partial charge < -0.3 is 24.3 Å². The van der Waals surface area contributed by atoms with Crippen LogP contribution in [0.4, 0.5) is 0 Å². The summed E-state index contributed by atoms with van der Waals surface area (Å²) in [5.41, 5.74) is 0.846. The summed E-state index contributed by atoms with van der Waals surface area (Å²) in [6.07, 6.45) is 3.26. The lowest BCUT2D eigenvalue weighted by Gasteiger charge is -2.13. The van der Waals surface area contributed by atoms with Crippen molar-refractivity contribution < 1.29 is 23.7 Å². The molecule has 0 heterocycles. The number of amides is 1. The highest BCUT2D eigenvalue weighted by Crippen LogP contribution is 2.29. The summed E-state index contributed by atoms with van der Waals surface area (Å²) in [6, 6.07) is 12.9. The molecule has 0 unspecified atom stereocenters. The lowest BCUT2D eigenvalue weighted by molar-refractivity contribution is -0.116. The van der Waals surface area contributed by atoms with E-state index in [9.17, 15) is 4.79 Å². The maximum Gasteiger partial charge on any atom is 0.244 e. The van der Waals surface area contributed by atoms with Crippen molar-refractivity contribution in [1.29, 1.82) is 0 Å². The van der Waals surface area contributed by atoms with Gasteiger partial charge in [0.2, 0.25) is 5.91 Å². The fourth-order valence-corrected chi connectivity index (χ4v) is 2.51. The van der Waals surface area contributed by atoms with Crippen LogP contribution in [0.1, 0.15) is 26.3 Å². The maximum absolute atomic E-state index is 12.0. The molecule has 156 valence electrons. The number of hydrogen-bond donors (Lipinski definition) is 1. The van der Waals surface area contributed by atoms with E-state index in [4.69, 9.17) is 18.9 Å². The second-order valence-electron chi connectivity index (χ2n) is 6.45. The Morgan fingerprint density at radius 3 is 2.34 bits per heavy atom. The molecule has 1 N–H and O–H groups in total. The van der Waals surface area contributed by atoms with E-state index in [1.807, 2.05) is 63.2 Å². The normalized spacial score (nSPS) is 10.8. The predicted molar refractivity (Wildman–Crippen MR) is 114 cm³/mol. The number of hydrogen-bond acceptors (Lipinski definition) is 5. The van der Waals surface area contributed by atoms with Crippen molar-refractivity contribution in [2.45, 2.75) is 26.9 Å². The number of ether oxygens (including phenoxy) is 4. The number of benzene rings is 2. The van der Waals surface area contributed by atoms with Crippen LogP contribution in [0, 0.1) is 0 Å². The molecule has 0 bridgehead atoms. The molecule has 0 saturated heterocycles. The van der Waals surface area contributed by atoms with Crippen molar-refractivity contribution in [2.75, 3.05) is 26.9 Å². The van der Waals surface area contributed by atoms with Crippen molar-refractivity contribution in [3.8, 4) is 23.0 Å². The second-order valence-corrected chi connectivity index (χ2v) is 6.45. The third-order valence-electron chi connectivity index (χ3n) is 3.78. The van der Waals surface area contributed by atoms with Gasteiger partial charge in [-0.05, 0) is 68.8 Å². The molecule has 6 heteroatoms. The third kappa shape index (κ3) is 7.78. The Morgan fingerprint density at radius 1 is 1.03 bits per heavy atom. The van der Waals surface area contributed by atoms with E-state index in [-0.39, 0.29) is 12.0 Å². The Hall–Kier alpha value is -3.15. The van der Waals surface area contributed by atoms with Crippen molar-refractivity contribution >= 4 is 12.0 Å². The third-order valence-corrected chi connectivity index (χ3v) is 3.78. The summed E-state index contributed by atoms with van der Waals surface area (Å²) in [7, 11) is 1.59. The van der Waals surface area contributed by atoms with Crippen LogP contribution in [0.3, 0.4) is 0 Å². The largest absolute Gasteiger partial charge is 0.494 e. The molecule has 0 aliphatic carbocycles. The first-order valence-corrected chi connectivity index (χ1v) is 9.68. The first-order valence-electron chi connectivity index (χ1n) is 9.68. The molecule has 2 rings (SSSR count). The molecule has 2 aromatic carbocycles. The number of nitrogens with one attached hydrogen (secondary N) is 1. The number of methoxy groups -OCH3 is 1. The van der Waals surface area contributed by atoms with Gasteiger partial charge in [-0.3, -0.25) is 4.79 Å². The van der Waals surface area contributed by atoms with Crippen LogP contribution in [0.5, 0.6) is 23.0 Å². The predicted octanol–water partition coefficient (Wildman–Crippen LogP) is 4.09. The quantitative estimate of drug-likeness (QED) is 0.455. The second kappa shape index (κ2) is 11.6. The molecule has 1 amide bonds. The molecule has 0 saturated carbocycles. The van der Waals surface area contributed by atoms with Gasteiger partial charge in [-0.1, -0.05) is 6.07 Å². The molecule has 0 radical (unpaired) electrons. The number of carbonyl (C=O) groups excluding carboxylic acids is 1. The zero-order chi connectivity index (χ0) is 21.1. The van der Waals surface area contributed by atoms with Gasteiger partial charge in [0.25, 0.3) is 0 Å². The van der Waals surface area contributed by atoms with Gasteiger partial charge in [-0.2, -0.15) is 0 Å². The van der Waals surface area contributed by atoms with Crippen LogP contribution >= 0.6 is 0 Å². The average molecular weight is 399 g/mol. The standard InChI is InChI=1S/C23H29NO5/c1-5-27-19-8-10-20(11-9-19)28-15-14-24-23(25)13-7-18-6-12-21(29-17(2)3)22(16-18)26-4/h6-13,16-17H,5,14-15H2,1-4H3,(H,24,25). The van der Waals surface area contributed by atoms with Gasteiger partial charge in [0, 0.05) is 6.08 Å². The van der Waals surface area contributed by atoms with Crippen molar-refractivity contribution in [2.24, 2.45) is 0 Å². The van der Waals surface area contributed by atoms with E-state index >= 15 is 0 Å². The lowest BCUT2D eigenvalue weighted by atomic mass is 10.2. The summed E-state index contributed by atoms with van der Waals surface area (Å²) < 4.78 is 22.0. The van der Waals surface area contributed by atoms with Crippen LogP contribution in [0.15, 0.2) is 48.5 Å². The molecule has 0 aliphatic rings. The Labute approximate surface area is 172 Å². The fourth-order valence-electron chi connectivity index (χ4n) is 2.51. The summed E-state index contributed by atoms with van der Waals surface area (Å²) in [4.78, 5) is 12.0. The minimum atomic E-state index is -0.193. The topological polar surface area (TPSA) is 66.0 Å². The number of carbonyl (C=O) groups is 1. The zero-order valence-corrected chi connectivity index (χ0v) is 17.4. The first-order chi connectivity index (χ1) is 14.0. The molecule has 0 aromatic heterocycles. The SMILES string of the molecule is CCOc1ccc(OCCNC(=O)C=Cc2ccc(OC(C)C)c(OC)c2)cc1. The smallest absolute Gasteiger partial charge is 0.244 e. The summed E-state index contributed by atoms with van der Waals surface area (Å²) in [5, 5.41) is 2.79. The Kier molecular flexibility index (Phi) is 8.89. The van der Waals surface area contributed by atoms with Gasteiger partial charge in [0.05, 0.1) is 26.4 Å². The summed E-state index contributed by atoms with van der Waals surface area (Å²) >= 11 is 0. The van der Waals surface area contributed by atoms with Crippen LogP contribution < -0.4 is 24.3 Å². The highest BCUT2D eigenvalue weighted by Gasteiger charge is 2.06. The van der Waals surface area contributed by atoms with Crippen molar-refractivity contribution in [1.82, 2.24) is 5.32 Å². The molecule has 0 spiro atoms. The van der Waals surface area contributed by atoms with E-state index in [0.29, 0.717) is 31.3 Å². The Bertz CT molecular complexity index is 799. The van der Waals surface area contributed by atoms with E-state index in [1.54, 1.807) is 13.2 Å². The van der Waals surface area contributed by atoms with E-state index in [2.05, 4.69) is 5.32 Å². The minimum Gasteiger partial charge on any atom is -0.494 e. The van der Waals surface area contributed by atoms with Gasteiger partial charge in [-0.25, -0.2) is 0 Å². The van der Waals surface area contributed by atoms with Crippen LogP contribution in [-0.2, 0) is 4.79 Å². The first kappa shape index (κ1) is 22.1. The molecule has 0 fully saturated rings. The Balaban J connectivity index is 1.77. The molecule has 29 heavy (non-hydrogen) atoms. The molecule has 2 aromatic rings. The fraction of sp³-hybridized carbons (Fsp3) is 0.348. The van der Waals surface area contributed by atoms with E-state index in [0.717, 1.165) is 17.1 Å². The molecular weight excluding hydrogens is 370 g/mol. The van der Waals surface area contributed by atoms with Crippen molar-refractivity contribution in [3.63, 3.8) is 0 Å².